The van der Waals surface area contributed by atoms with Crippen molar-refractivity contribution in [1.29, 1.82) is 0 Å². The van der Waals surface area contributed by atoms with E-state index in [4.69, 9.17) is 11.6 Å². The van der Waals surface area contributed by atoms with E-state index < -0.39 is 0 Å². The largest absolute Gasteiger partial charge is 0.325 e. The van der Waals surface area contributed by atoms with Gasteiger partial charge in [-0.3, -0.25) is 5.32 Å². The molecule has 2 N–H and O–H groups in total. The third-order valence-corrected chi connectivity index (χ3v) is 4.78. The first kappa shape index (κ1) is 16.0. The minimum Gasteiger partial charge on any atom is -0.307 e. The summed E-state index contributed by atoms with van der Waals surface area (Å²) in [6.07, 6.45) is 0. The van der Waals surface area contributed by atoms with Gasteiger partial charge in [0.05, 0.1) is 11.4 Å². The van der Waals surface area contributed by atoms with Crippen molar-refractivity contribution in [3.05, 3.63) is 63.4 Å². The SMILES string of the molecule is O=C(Nc1nc(-c2ccccc2Cl)cs1)Nc1ccccc1Br. The van der Waals surface area contributed by atoms with Crippen LogP contribution in [0.5, 0.6) is 0 Å². The summed E-state index contributed by atoms with van der Waals surface area (Å²) >= 11 is 10.9. The van der Waals surface area contributed by atoms with E-state index in [-0.39, 0.29) is 6.03 Å². The maximum atomic E-state index is 12.0. The fourth-order valence-electron chi connectivity index (χ4n) is 1.94. The zero-order valence-electron chi connectivity index (χ0n) is 11.7. The molecular formula is C16H11BrClN3OS. The minimum absolute atomic E-state index is 0.350. The number of rotatable bonds is 3. The van der Waals surface area contributed by atoms with Gasteiger partial charge in [-0.1, -0.05) is 41.9 Å². The maximum Gasteiger partial charge on any atom is 0.325 e. The number of nitrogens with one attached hydrogen (secondary N) is 2. The summed E-state index contributed by atoms with van der Waals surface area (Å²) in [7, 11) is 0. The summed E-state index contributed by atoms with van der Waals surface area (Å²) < 4.78 is 0.811. The lowest BCUT2D eigenvalue weighted by Crippen LogP contribution is -2.19. The molecule has 0 aliphatic heterocycles. The number of hydrogen-bond donors (Lipinski definition) is 2. The number of halogens is 2. The normalized spacial score (nSPS) is 10.3. The summed E-state index contributed by atoms with van der Waals surface area (Å²) in [5, 5.41) is 8.47. The lowest BCUT2D eigenvalue weighted by molar-refractivity contribution is 0.262. The molecule has 23 heavy (non-hydrogen) atoms. The van der Waals surface area contributed by atoms with Gasteiger partial charge in [-0.25, -0.2) is 9.78 Å². The van der Waals surface area contributed by atoms with Crippen LogP contribution in [-0.4, -0.2) is 11.0 Å². The Kier molecular flexibility index (Phi) is 4.95. The second kappa shape index (κ2) is 7.12. The van der Waals surface area contributed by atoms with Crippen molar-refractivity contribution in [1.82, 2.24) is 4.98 Å². The molecule has 116 valence electrons. The Hall–Kier alpha value is -1.89. The average Bonchev–Trinajstić information content (AvgIpc) is 2.98. The van der Waals surface area contributed by atoms with Crippen LogP contribution in [0, 0.1) is 0 Å². The highest BCUT2D eigenvalue weighted by Crippen LogP contribution is 2.30. The molecule has 0 aliphatic carbocycles. The van der Waals surface area contributed by atoms with E-state index in [1.807, 2.05) is 47.8 Å². The maximum absolute atomic E-state index is 12.0. The zero-order valence-corrected chi connectivity index (χ0v) is 14.9. The monoisotopic (exact) mass is 407 g/mol. The Bertz CT molecular complexity index is 853. The van der Waals surface area contributed by atoms with Gasteiger partial charge in [-0.15, -0.1) is 11.3 Å². The van der Waals surface area contributed by atoms with Gasteiger partial charge in [0.15, 0.2) is 5.13 Å². The van der Waals surface area contributed by atoms with Gasteiger partial charge >= 0.3 is 6.03 Å². The van der Waals surface area contributed by atoms with Gasteiger partial charge in [-0.2, -0.15) is 0 Å². The van der Waals surface area contributed by atoms with Crippen LogP contribution < -0.4 is 10.6 Å². The van der Waals surface area contributed by atoms with Crippen molar-refractivity contribution in [3.63, 3.8) is 0 Å². The Balaban J connectivity index is 1.71. The Morgan fingerprint density at radius 2 is 1.83 bits per heavy atom. The van der Waals surface area contributed by atoms with Crippen LogP contribution in [0.1, 0.15) is 0 Å². The molecule has 0 bridgehead atoms. The highest BCUT2D eigenvalue weighted by Gasteiger charge is 2.10. The number of para-hydroxylation sites is 1. The molecule has 0 saturated carbocycles. The third kappa shape index (κ3) is 3.90. The molecule has 3 rings (SSSR count). The van der Waals surface area contributed by atoms with Gasteiger partial charge in [0.25, 0.3) is 0 Å². The van der Waals surface area contributed by atoms with Crippen molar-refractivity contribution in [3.8, 4) is 11.3 Å². The van der Waals surface area contributed by atoms with Gasteiger partial charge in [0.1, 0.15) is 0 Å². The molecule has 3 aromatic rings. The van der Waals surface area contributed by atoms with Crippen LogP contribution in [-0.2, 0) is 0 Å². The van der Waals surface area contributed by atoms with E-state index in [2.05, 4.69) is 31.5 Å². The molecular weight excluding hydrogens is 398 g/mol. The van der Waals surface area contributed by atoms with Gasteiger partial charge in [0, 0.05) is 20.4 Å². The van der Waals surface area contributed by atoms with Crippen molar-refractivity contribution in [2.45, 2.75) is 0 Å². The molecule has 0 unspecified atom stereocenters. The zero-order chi connectivity index (χ0) is 16.2. The number of urea groups is 1. The molecule has 0 fully saturated rings. The molecule has 4 nitrogen and oxygen atoms in total. The molecule has 2 amide bonds. The molecule has 0 atom stereocenters. The second-order valence-corrected chi connectivity index (χ2v) is 6.70. The lowest BCUT2D eigenvalue weighted by atomic mass is 10.2. The Labute approximate surface area is 150 Å². The van der Waals surface area contributed by atoms with Crippen molar-refractivity contribution < 1.29 is 4.79 Å². The van der Waals surface area contributed by atoms with E-state index in [0.717, 1.165) is 15.7 Å². The minimum atomic E-state index is -0.350. The number of amides is 2. The van der Waals surface area contributed by atoms with Crippen molar-refractivity contribution >= 4 is 55.7 Å². The van der Waals surface area contributed by atoms with E-state index >= 15 is 0 Å². The number of aromatic nitrogens is 1. The third-order valence-electron chi connectivity index (χ3n) is 3.00. The predicted molar refractivity (Wildman–Crippen MR) is 99.3 cm³/mol. The van der Waals surface area contributed by atoms with Crippen molar-refractivity contribution in [2.75, 3.05) is 10.6 Å². The quantitative estimate of drug-likeness (QED) is 0.569. The molecule has 2 aromatic carbocycles. The van der Waals surface area contributed by atoms with E-state index in [9.17, 15) is 4.79 Å². The fraction of sp³-hybridized carbons (Fsp3) is 0. The standard InChI is InChI=1S/C16H11BrClN3OS/c17-11-6-2-4-8-13(11)19-15(22)21-16-20-14(9-23-16)10-5-1-3-7-12(10)18/h1-9H,(H2,19,20,21,22). The first-order chi connectivity index (χ1) is 11.1. The summed E-state index contributed by atoms with van der Waals surface area (Å²) in [6.45, 7) is 0. The van der Waals surface area contributed by atoms with Gasteiger partial charge < -0.3 is 5.32 Å². The first-order valence-electron chi connectivity index (χ1n) is 6.66. The number of benzene rings is 2. The van der Waals surface area contributed by atoms with Crippen LogP contribution in [0.4, 0.5) is 15.6 Å². The summed E-state index contributed by atoms with van der Waals surface area (Å²) in [6, 6.07) is 14.5. The van der Waals surface area contributed by atoms with Crippen LogP contribution in [0.2, 0.25) is 5.02 Å². The molecule has 1 heterocycles. The number of hydrogen-bond acceptors (Lipinski definition) is 3. The summed E-state index contributed by atoms with van der Waals surface area (Å²) in [5.74, 6) is 0. The molecule has 0 aliphatic rings. The first-order valence-corrected chi connectivity index (χ1v) is 8.71. The lowest BCUT2D eigenvalue weighted by Gasteiger charge is -2.06. The highest BCUT2D eigenvalue weighted by atomic mass is 79.9. The molecule has 0 spiro atoms. The number of thiazole rings is 1. The number of carbonyl (C=O) groups is 1. The van der Waals surface area contributed by atoms with Crippen LogP contribution in [0.25, 0.3) is 11.3 Å². The number of carbonyl (C=O) groups excluding carboxylic acids is 1. The summed E-state index contributed by atoms with van der Waals surface area (Å²) in [5.41, 5.74) is 2.26. The smallest absolute Gasteiger partial charge is 0.307 e. The topological polar surface area (TPSA) is 54.0 Å². The molecule has 1 aromatic heterocycles. The number of nitrogens with zero attached hydrogens (tertiary/aromatic N) is 1. The van der Waals surface area contributed by atoms with Gasteiger partial charge in [0.2, 0.25) is 0 Å². The van der Waals surface area contributed by atoms with E-state index in [1.165, 1.54) is 11.3 Å². The Morgan fingerprint density at radius 3 is 2.61 bits per heavy atom. The number of anilines is 2. The van der Waals surface area contributed by atoms with Gasteiger partial charge in [-0.05, 0) is 34.1 Å². The van der Waals surface area contributed by atoms with E-state index in [1.54, 1.807) is 6.07 Å². The molecule has 0 saturated heterocycles. The fourth-order valence-corrected chi connectivity index (χ4v) is 3.26. The molecule has 0 radical (unpaired) electrons. The summed E-state index contributed by atoms with van der Waals surface area (Å²) in [4.78, 5) is 16.4. The predicted octanol–water partition coefficient (Wildman–Crippen LogP) is 5.87. The highest BCUT2D eigenvalue weighted by molar-refractivity contribution is 9.10. The van der Waals surface area contributed by atoms with Crippen LogP contribution in [0.3, 0.4) is 0 Å². The van der Waals surface area contributed by atoms with Crippen LogP contribution >= 0.6 is 38.9 Å². The average molecular weight is 409 g/mol. The van der Waals surface area contributed by atoms with Crippen LogP contribution in [0.15, 0.2) is 58.4 Å². The molecule has 7 heteroatoms. The second-order valence-electron chi connectivity index (χ2n) is 4.58. The van der Waals surface area contributed by atoms with E-state index in [0.29, 0.717) is 15.8 Å². The van der Waals surface area contributed by atoms with Crippen molar-refractivity contribution in [2.24, 2.45) is 0 Å². The Morgan fingerprint density at radius 1 is 1.09 bits per heavy atom.